The molecule has 0 amide bonds. The van der Waals surface area contributed by atoms with E-state index in [0.717, 1.165) is 39.0 Å². The monoisotopic (exact) mass is 235 g/mol. The zero-order valence-corrected chi connectivity index (χ0v) is 11.1. The van der Waals surface area contributed by atoms with Crippen LogP contribution in [-0.2, 0) is 4.74 Å². The number of nitrogens with one attached hydrogen (secondary N) is 1. The molecule has 0 spiro atoms. The summed E-state index contributed by atoms with van der Waals surface area (Å²) in [6.45, 7) is 7.14. The lowest BCUT2D eigenvalue weighted by atomic mass is 10.0. The Balaban J connectivity index is 2.20. The molecule has 1 N–H and O–H groups in total. The third-order valence-electron chi connectivity index (χ3n) is 2.81. The highest BCUT2D eigenvalue weighted by Crippen LogP contribution is 2.15. The maximum Gasteiger partial charge on any atom is 0.0478 e. The van der Waals surface area contributed by atoms with Crippen LogP contribution < -0.4 is 5.32 Å². The molecule has 0 saturated carbocycles. The molecule has 2 nitrogen and oxygen atoms in total. The van der Waals surface area contributed by atoms with Crippen molar-refractivity contribution in [2.24, 2.45) is 0 Å². The molecule has 0 saturated heterocycles. The molecule has 96 valence electrons. The molecule has 0 radical (unpaired) electrons. The first-order valence-corrected chi connectivity index (χ1v) is 6.74. The van der Waals surface area contributed by atoms with Gasteiger partial charge in [-0.05, 0) is 31.4 Å². The average molecular weight is 235 g/mol. The number of hydrogen-bond donors (Lipinski definition) is 1. The topological polar surface area (TPSA) is 21.3 Å². The highest BCUT2D eigenvalue weighted by atomic mass is 16.5. The maximum atomic E-state index is 5.46. The third-order valence-corrected chi connectivity index (χ3v) is 2.81. The summed E-state index contributed by atoms with van der Waals surface area (Å²) in [6, 6.07) is 11.1. The summed E-state index contributed by atoms with van der Waals surface area (Å²) in [7, 11) is 0. The Labute approximate surface area is 105 Å². The number of benzene rings is 1. The Morgan fingerprint density at radius 3 is 2.53 bits per heavy atom. The summed E-state index contributed by atoms with van der Waals surface area (Å²) in [5.74, 6) is 0. The van der Waals surface area contributed by atoms with Crippen LogP contribution in [-0.4, -0.2) is 19.8 Å². The summed E-state index contributed by atoms with van der Waals surface area (Å²) in [5.41, 5.74) is 1.38. The minimum atomic E-state index is 0.474. The van der Waals surface area contributed by atoms with Gasteiger partial charge in [0.15, 0.2) is 0 Å². The lowest BCUT2D eigenvalue weighted by molar-refractivity contribution is 0.131. The normalized spacial score (nSPS) is 12.6. The van der Waals surface area contributed by atoms with Gasteiger partial charge in [0.05, 0.1) is 0 Å². The Morgan fingerprint density at radius 1 is 1.12 bits per heavy atom. The Morgan fingerprint density at radius 2 is 1.88 bits per heavy atom. The van der Waals surface area contributed by atoms with Crippen molar-refractivity contribution in [2.75, 3.05) is 19.8 Å². The predicted molar refractivity (Wildman–Crippen MR) is 73.2 cm³/mol. The predicted octanol–water partition coefficient (Wildman–Crippen LogP) is 3.54. The molecule has 0 aliphatic heterocycles. The van der Waals surface area contributed by atoms with Gasteiger partial charge in [-0.1, -0.05) is 44.2 Å². The molecule has 0 fully saturated rings. The SMILES string of the molecule is CCCOCCCNC(CC)c1ccccc1. The first-order valence-electron chi connectivity index (χ1n) is 6.74. The molecule has 2 heteroatoms. The summed E-state index contributed by atoms with van der Waals surface area (Å²) in [4.78, 5) is 0. The van der Waals surface area contributed by atoms with Crippen molar-refractivity contribution < 1.29 is 4.74 Å². The number of rotatable bonds is 9. The lowest BCUT2D eigenvalue weighted by Crippen LogP contribution is -2.22. The number of ether oxygens (including phenoxy) is 1. The van der Waals surface area contributed by atoms with Crippen LogP contribution >= 0.6 is 0 Å². The Hall–Kier alpha value is -0.860. The van der Waals surface area contributed by atoms with Crippen LogP contribution in [0.4, 0.5) is 0 Å². The second kappa shape index (κ2) is 9.20. The van der Waals surface area contributed by atoms with Gasteiger partial charge in [-0.15, -0.1) is 0 Å². The summed E-state index contributed by atoms with van der Waals surface area (Å²) >= 11 is 0. The van der Waals surface area contributed by atoms with Gasteiger partial charge >= 0.3 is 0 Å². The van der Waals surface area contributed by atoms with Crippen LogP contribution in [0.25, 0.3) is 0 Å². The van der Waals surface area contributed by atoms with Gasteiger partial charge in [-0.2, -0.15) is 0 Å². The van der Waals surface area contributed by atoms with Crippen molar-refractivity contribution in [1.29, 1.82) is 0 Å². The largest absolute Gasteiger partial charge is 0.381 e. The minimum Gasteiger partial charge on any atom is -0.381 e. The molecule has 1 atom stereocenters. The van der Waals surface area contributed by atoms with Crippen molar-refractivity contribution in [3.63, 3.8) is 0 Å². The average Bonchev–Trinajstić information content (AvgIpc) is 2.39. The van der Waals surface area contributed by atoms with Crippen molar-refractivity contribution in [3.05, 3.63) is 35.9 Å². The molecule has 1 unspecified atom stereocenters. The highest BCUT2D eigenvalue weighted by molar-refractivity contribution is 5.18. The molecule has 1 aromatic carbocycles. The standard InChI is InChI=1S/C15H25NO/c1-3-12-17-13-8-11-16-15(4-2)14-9-6-5-7-10-14/h5-7,9-10,15-16H,3-4,8,11-13H2,1-2H3. The Kier molecular flexibility index (Phi) is 7.69. The zero-order valence-electron chi connectivity index (χ0n) is 11.1. The molecule has 0 aromatic heterocycles. The van der Waals surface area contributed by atoms with E-state index in [0.29, 0.717) is 6.04 Å². The van der Waals surface area contributed by atoms with E-state index >= 15 is 0 Å². The van der Waals surface area contributed by atoms with Crippen molar-refractivity contribution in [2.45, 2.75) is 39.2 Å². The second-order valence-corrected chi connectivity index (χ2v) is 4.29. The second-order valence-electron chi connectivity index (χ2n) is 4.29. The van der Waals surface area contributed by atoms with E-state index < -0.39 is 0 Å². The zero-order chi connectivity index (χ0) is 12.3. The van der Waals surface area contributed by atoms with Crippen LogP contribution in [0.15, 0.2) is 30.3 Å². The first-order chi connectivity index (χ1) is 8.38. The van der Waals surface area contributed by atoms with Crippen LogP contribution in [0, 0.1) is 0 Å². The van der Waals surface area contributed by atoms with E-state index in [9.17, 15) is 0 Å². The molecule has 0 aliphatic rings. The smallest absolute Gasteiger partial charge is 0.0478 e. The molecule has 0 heterocycles. The molecule has 1 rings (SSSR count). The van der Waals surface area contributed by atoms with Crippen molar-refractivity contribution >= 4 is 0 Å². The highest BCUT2D eigenvalue weighted by Gasteiger charge is 2.06. The van der Waals surface area contributed by atoms with Gasteiger partial charge in [0, 0.05) is 19.3 Å². The molecular weight excluding hydrogens is 210 g/mol. The molecular formula is C15H25NO. The van der Waals surface area contributed by atoms with Gasteiger partial charge in [0.2, 0.25) is 0 Å². The van der Waals surface area contributed by atoms with Crippen molar-refractivity contribution in [1.82, 2.24) is 5.32 Å². The van der Waals surface area contributed by atoms with E-state index in [1.807, 2.05) is 0 Å². The summed E-state index contributed by atoms with van der Waals surface area (Å²) in [5, 5.41) is 3.58. The first kappa shape index (κ1) is 14.2. The molecule has 0 aliphatic carbocycles. The van der Waals surface area contributed by atoms with Gasteiger partial charge in [-0.25, -0.2) is 0 Å². The van der Waals surface area contributed by atoms with Crippen LogP contribution in [0.1, 0.15) is 44.7 Å². The lowest BCUT2D eigenvalue weighted by Gasteiger charge is -2.17. The molecule has 17 heavy (non-hydrogen) atoms. The van der Waals surface area contributed by atoms with E-state index in [1.54, 1.807) is 0 Å². The van der Waals surface area contributed by atoms with E-state index in [4.69, 9.17) is 4.74 Å². The fourth-order valence-corrected chi connectivity index (χ4v) is 1.88. The molecule has 1 aromatic rings. The van der Waals surface area contributed by atoms with Crippen LogP contribution in [0.5, 0.6) is 0 Å². The van der Waals surface area contributed by atoms with E-state index in [-0.39, 0.29) is 0 Å². The van der Waals surface area contributed by atoms with Crippen LogP contribution in [0.3, 0.4) is 0 Å². The minimum absolute atomic E-state index is 0.474. The van der Waals surface area contributed by atoms with Gasteiger partial charge < -0.3 is 10.1 Å². The number of hydrogen-bond acceptors (Lipinski definition) is 2. The third kappa shape index (κ3) is 5.85. The maximum absolute atomic E-state index is 5.46. The summed E-state index contributed by atoms with van der Waals surface area (Å²) < 4.78 is 5.46. The fourth-order valence-electron chi connectivity index (χ4n) is 1.88. The van der Waals surface area contributed by atoms with Gasteiger partial charge in [0.1, 0.15) is 0 Å². The van der Waals surface area contributed by atoms with Crippen LogP contribution in [0.2, 0.25) is 0 Å². The molecule has 0 bridgehead atoms. The summed E-state index contributed by atoms with van der Waals surface area (Å²) in [6.07, 6.45) is 3.32. The van der Waals surface area contributed by atoms with Gasteiger partial charge in [-0.3, -0.25) is 0 Å². The fraction of sp³-hybridized carbons (Fsp3) is 0.600. The Bertz CT molecular complexity index is 274. The van der Waals surface area contributed by atoms with E-state index in [1.165, 1.54) is 5.56 Å². The van der Waals surface area contributed by atoms with Gasteiger partial charge in [0.25, 0.3) is 0 Å². The quantitative estimate of drug-likeness (QED) is 0.661. The van der Waals surface area contributed by atoms with Crippen molar-refractivity contribution in [3.8, 4) is 0 Å². The van der Waals surface area contributed by atoms with E-state index in [2.05, 4.69) is 49.5 Å².